The lowest BCUT2D eigenvalue weighted by Gasteiger charge is -2.31. The predicted molar refractivity (Wildman–Crippen MR) is 73.4 cm³/mol. The molecule has 0 aromatic carbocycles. The highest BCUT2D eigenvalue weighted by molar-refractivity contribution is 5.81. The van der Waals surface area contributed by atoms with Gasteiger partial charge in [-0.25, -0.2) is 0 Å². The van der Waals surface area contributed by atoms with E-state index < -0.39 is 0 Å². The van der Waals surface area contributed by atoms with Crippen molar-refractivity contribution in [2.45, 2.75) is 76.8 Å². The molecule has 1 N–H and O–H groups in total. The van der Waals surface area contributed by atoms with Crippen molar-refractivity contribution in [3.63, 3.8) is 0 Å². The van der Waals surface area contributed by atoms with Crippen LogP contribution in [0.25, 0.3) is 0 Å². The molecule has 2 saturated heterocycles. The molecule has 2 heterocycles. The topological polar surface area (TPSA) is 29.1 Å². The molecule has 1 saturated carbocycles. The van der Waals surface area contributed by atoms with E-state index in [-0.39, 0.29) is 0 Å². The van der Waals surface area contributed by atoms with E-state index in [4.69, 9.17) is 0 Å². The maximum atomic E-state index is 12.4. The molecule has 0 amide bonds. The quantitative estimate of drug-likeness (QED) is 0.831. The van der Waals surface area contributed by atoms with E-state index in [0.717, 1.165) is 37.3 Å². The van der Waals surface area contributed by atoms with Crippen molar-refractivity contribution >= 4 is 5.78 Å². The van der Waals surface area contributed by atoms with Gasteiger partial charge in [-0.2, -0.15) is 0 Å². The Morgan fingerprint density at radius 3 is 2.22 bits per heavy atom. The molecule has 2 unspecified atom stereocenters. The molecule has 2 bridgehead atoms. The van der Waals surface area contributed by atoms with Gasteiger partial charge in [0.2, 0.25) is 0 Å². The number of nitrogens with one attached hydrogen (secondary N) is 1. The Morgan fingerprint density at radius 1 is 1.00 bits per heavy atom. The lowest BCUT2D eigenvalue weighted by Crippen LogP contribution is -2.39. The van der Waals surface area contributed by atoms with Crippen LogP contribution in [0.2, 0.25) is 0 Å². The largest absolute Gasteiger partial charge is 0.311 e. The summed E-state index contributed by atoms with van der Waals surface area (Å²) >= 11 is 0. The molecular formula is C16H27NO. The van der Waals surface area contributed by atoms with Crippen LogP contribution in [0.15, 0.2) is 0 Å². The minimum atomic E-state index is 0.411. The molecule has 1 aliphatic carbocycles. The zero-order valence-electron chi connectivity index (χ0n) is 11.7. The maximum absolute atomic E-state index is 12.4. The second-order valence-electron chi connectivity index (χ2n) is 7.10. The molecule has 2 aliphatic heterocycles. The van der Waals surface area contributed by atoms with Gasteiger partial charge in [0.05, 0.1) is 0 Å². The first kappa shape index (κ1) is 12.7. The van der Waals surface area contributed by atoms with Crippen LogP contribution in [0, 0.1) is 17.8 Å². The Hall–Kier alpha value is -0.370. The number of hydrogen-bond acceptors (Lipinski definition) is 2. The number of Topliss-reactive ketones (excluding diaryl/α,β-unsaturated/α-hetero) is 1. The molecular weight excluding hydrogens is 222 g/mol. The summed E-state index contributed by atoms with van der Waals surface area (Å²) in [4.78, 5) is 12.4. The highest BCUT2D eigenvalue weighted by Crippen LogP contribution is 2.35. The lowest BCUT2D eigenvalue weighted by molar-refractivity contribution is -0.125. The first-order valence-electron chi connectivity index (χ1n) is 7.99. The summed E-state index contributed by atoms with van der Waals surface area (Å²) in [6, 6.07) is 1.46. The molecule has 0 radical (unpaired) electrons. The number of hydrogen-bond donors (Lipinski definition) is 1. The van der Waals surface area contributed by atoms with Crippen molar-refractivity contribution in [2.75, 3.05) is 0 Å². The van der Waals surface area contributed by atoms with Crippen molar-refractivity contribution in [3.8, 4) is 0 Å². The second-order valence-corrected chi connectivity index (χ2v) is 7.10. The van der Waals surface area contributed by atoms with Gasteiger partial charge in [-0.3, -0.25) is 4.79 Å². The third kappa shape index (κ3) is 2.79. The Bertz CT molecular complexity index is 294. The minimum absolute atomic E-state index is 0.411. The first-order chi connectivity index (χ1) is 8.70. The summed E-state index contributed by atoms with van der Waals surface area (Å²) in [7, 11) is 0. The average molecular weight is 249 g/mol. The number of carbonyl (C=O) groups is 1. The molecule has 18 heavy (non-hydrogen) atoms. The summed E-state index contributed by atoms with van der Waals surface area (Å²) in [5, 5.41) is 3.67. The van der Waals surface area contributed by atoms with Gasteiger partial charge in [0.15, 0.2) is 0 Å². The molecule has 3 aliphatic rings. The Morgan fingerprint density at radius 2 is 1.61 bits per heavy atom. The summed E-state index contributed by atoms with van der Waals surface area (Å²) < 4.78 is 0. The smallest absolute Gasteiger partial charge is 0.136 e. The van der Waals surface area contributed by atoms with Crippen LogP contribution >= 0.6 is 0 Å². The number of ketones is 1. The maximum Gasteiger partial charge on any atom is 0.136 e. The van der Waals surface area contributed by atoms with Crippen molar-refractivity contribution in [1.29, 1.82) is 0 Å². The van der Waals surface area contributed by atoms with Gasteiger partial charge in [0.25, 0.3) is 0 Å². The zero-order chi connectivity index (χ0) is 12.5. The zero-order valence-corrected chi connectivity index (χ0v) is 11.7. The monoisotopic (exact) mass is 249 g/mol. The van der Waals surface area contributed by atoms with Crippen LogP contribution < -0.4 is 5.32 Å². The van der Waals surface area contributed by atoms with E-state index in [1.54, 1.807) is 0 Å². The van der Waals surface area contributed by atoms with E-state index in [1.807, 2.05) is 0 Å². The van der Waals surface area contributed by atoms with Crippen LogP contribution in [0.1, 0.15) is 64.7 Å². The fourth-order valence-corrected chi connectivity index (χ4v) is 4.38. The van der Waals surface area contributed by atoms with Gasteiger partial charge < -0.3 is 5.32 Å². The van der Waals surface area contributed by atoms with E-state index in [2.05, 4.69) is 12.2 Å². The second kappa shape index (κ2) is 5.32. The van der Waals surface area contributed by atoms with Crippen LogP contribution in [-0.4, -0.2) is 17.9 Å². The Labute approximate surface area is 111 Å². The normalized spacial score (nSPS) is 43.9. The standard InChI is InChI=1S/C16H27NO/c1-11-2-4-13(5-3-11)16(18)10-12-8-14-6-7-15(9-12)17-14/h11-15,17H,2-10H2,1H3. The van der Waals surface area contributed by atoms with Crippen LogP contribution in [0.4, 0.5) is 0 Å². The molecule has 3 rings (SSSR count). The Kier molecular flexibility index (Phi) is 3.74. The third-order valence-electron chi connectivity index (χ3n) is 5.53. The van der Waals surface area contributed by atoms with E-state index in [0.29, 0.717) is 17.6 Å². The molecule has 0 spiro atoms. The number of rotatable bonds is 3. The van der Waals surface area contributed by atoms with Crippen molar-refractivity contribution < 1.29 is 4.79 Å². The molecule has 0 aromatic rings. The molecule has 3 fully saturated rings. The summed E-state index contributed by atoms with van der Waals surface area (Å²) in [6.45, 7) is 2.32. The molecule has 102 valence electrons. The van der Waals surface area contributed by atoms with Gasteiger partial charge in [-0.05, 0) is 50.4 Å². The SMILES string of the molecule is CC1CCC(C(=O)CC2CC3CCC(C2)N3)CC1. The van der Waals surface area contributed by atoms with Gasteiger partial charge >= 0.3 is 0 Å². The lowest BCUT2D eigenvalue weighted by atomic mass is 9.77. The van der Waals surface area contributed by atoms with Crippen LogP contribution in [0.3, 0.4) is 0 Å². The summed E-state index contributed by atoms with van der Waals surface area (Å²) in [5.41, 5.74) is 0. The Balaban J connectivity index is 1.49. The average Bonchev–Trinajstić information content (AvgIpc) is 2.69. The highest BCUT2D eigenvalue weighted by atomic mass is 16.1. The van der Waals surface area contributed by atoms with Crippen molar-refractivity contribution in [1.82, 2.24) is 5.32 Å². The molecule has 2 heteroatoms. The minimum Gasteiger partial charge on any atom is -0.311 e. The van der Waals surface area contributed by atoms with Gasteiger partial charge in [-0.15, -0.1) is 0 Å². The fraction of sp³-hybridized carbons (Fsp3) is 0.938. The van der Waals surface area contributed by atoms with E-state index in [9.17, 15) is 4.79 Å². The van der Waals surface area contributed by atoms with Gasteiger partial charge in [-0.1, -0.05) is 19.8 Å². The van der Waals surface area contributed by atoms with Gasteiger partial charge in [0, 0.05) is 24.4 Å². The molecule has 2 nitrogen and oxygen atoms in total. The molecule has 2 atom stereocenters. The summed E-state index contributed by atoms with van der Waals surface area (Å²) in [5.74, 6) is 2.54. The number of fused-ring (bicyclic) bond motifs is 2. The van der Waals surface area contributed by atoms with Gasteiger partial charge in [0.1, 0.15) is 5.78 Å². The van der Waals surface area contributed by atoms with Crippen molar-refractivity contribution in [2.24, 2.45) is 17.8 Å². The number of piperidine rings is 1. The molecule has 0 aromatic heterocycles. The van der Waals surface area contributed by atoms with Crippen LogP contribution in [0.5, 0.6) is 0 Å². The number of carbonyl (C=O) groups excluding carboxylic acids is 1. The first-order valence-corrected chi connectivity index (χ1v) is 7.99. The summed E-state index contributed by atoms with van der Waals surface area (Å²) in [6.07, 6.45) is 11.0. The van der Waals surface area contributed by atoms with E-state index >= 15 is 0 Å². The third-order valence-corrected chi connectivity index (χ3v) is 5.53. The predicted octanol–water partition coefficient (Wildman–Crippen LogP) is 3.30. The van der Waals surface area contributed by atoms with Crippen LogP contribution in [-0.2, 0) is 4.79 Å². The van der Waals surface area contributed by atoms with Crippen molar-refractivity contribution in [3.05, 3.63) is 0 Å². The highest BCUT2D eigenvalue weighted by Gasteiger charge is 2.35. The fourth-order valence-electron chi connectivity index (χ4n) is 4.38. The van der Waals surface area contributed by atoms with E-state index in [1.165, 1.54) is 38.5 Å².